The third-order valence-corrected chi connectivity index (χ3v) is 8.91. The van der Waals surface area contributed by atoms with E-state index < -0.39 is 9.84 Å². The molecule has 0 spiro atoms. The molecule has 39 heavy (non-hydrogen) atoms. The van der Waals surface area contributed by atoms with Gasteiger partial charge in [0.05, 0.1) is 53.0 Å². The molecule has 1 amide bonds. The van der Waals surface area contributed by atoms with Crippen LogP contribution in [-0.2, 0) is 32.5 Å². The molecule has 10 heteroatoms. The highest BCUT2D eigenvalue weighted by atomic mass is 32.2. The van der Waals surface area contributed by atoms with Crippen LogP contribution in [0.1, 0.15) is 46.1 Å². The Morgan fingerprint density at radius 2 is 1.79 bits per heavy atom. The number of amides is 1. The maximum atomic E-state index is 12.9. The third-order valence-electron chi connectivity index (χ3n) is 7.15. The Labute approximate surface area is 226 Å². The predicted octanol–water partition coefficient (Wildman–Crippen LogP) is 3.82. The fourth-order valence-electron chi connectivity index (χ4n) is 4.95. The summed E-state index contributed by atoms with van der Waals surface area (Å²) in [7, 11) is -3.50. The zero-order valence-electron chi connectivity index (χ0n) is 21.3. The summed E-state index contributed by atoms with van der Waals surface area (Å²) in [6.07, 6.45) is 3.67. The van der Waals surface area contributed by atoms with Gasteiger partial charge in [0.15, 0.2) is 9.84 Å². The minimum absolute atomic E-state index is 0.101. The second kappa shape index (κ2) is 10.8. The van der Waals surface area contributed by atoms with Crippen LogP contribution in [0.2, 0.25) is 0 Å². The molecular formula is C29H28N4O5S. The first-order valence-corrected chi connectivity index (χ1v) is 14.6. The van der Waals surface area contributed by atoms with Gasteiger partial charge in [-0.2, -0.15) is 0 Å². The summed E-state index contributed by atoms with van der Waals surface area (Å²) >= 11 is 0. The Kier molecular flexibility index (Phi) is 7.07. The summed E-state index contributed by atoms with van der Waals surface area (Å²) in [4.78, 5) is 27.2. The summed E-state index contributed by atoms with van der Waals surface area (Å²) in [6, 6.07) is 16.5. The molecule has 9 nitrogen and oxygen atoms in total. The van der Waals surface area contributed by atoms with Crippen LogP contribution in [0, 0.1) is 0 Å². The number of hydrogen-bond donors (Lipinski definition) is 1. The molecule has 2 aliphatic heterocycles. The second-order valence-corrected chi connectivity index (χ2v) is 11.9. The van der Waals surface area contributed by atoms with E-state index in [1.165, 1.54) is 6.07 Å². The van der Waals surface area contributed by atoms with Gasteiger partial charge in [-0.3, -0.25) is 14.8 Å². The maximum absolute atomic E-state index is 12.9. The van der Waals surface area contributed by atoms with Crippen molar-refractivity contribution in [3.05, 3.63) is 83.3 Å². The maximum Gasteiger partial charge on any atom is 0.251 e. The first-order chi connectivity index (χ1) is 19.0. The van der Waals surface area contributed by atoms with Crippen LogP contribution >= 0.6 is 0 Å². The molecule has 2 aliphatic rings. The van der Waals surface area contributed by atoms with Crippen molar-refractivity contribution in [3.8, 4) is 11.4 Å². The summed E-state index contributed by atoms with van der Waals surface area (Å²) in [6.45, 7) is 2.04. The van der Waals surface area contributed by atoms with E-state index in [2.05, 4.69) is 16.4 Å². The highest BCUT2D eigenvalue weighted by molar-refractivity contribution is 7.91. The lowest BCUT2D eigenvalue weighted by molar-refractivity contribution is 0.0845. The lowest BCUT2D eigenvalue weighted by atomic mass is 9.96. The van der Waals surface area contributed by atoms with Crippen molar-refractivity contribution in [1.82, 2.24) is 20.3 Å². The quantitative estimate of drug-likeness (QED) is 0.403. The Morgan fingerprint density at radius 3 is 2.67 bits per heavy atom. The van der Waals surface area contributed by atoms with Crippen LogP contribution in [0.15, 0.2) is 65.7 Å². The van der Waals surface area contributed by atoms with Crippen molar-refractivity contribution in [2.75, 3.05) is 25.6 Å². The van der Waals surface area contributed by atoms with Gasteiger partial charge in [-0.25, -0.2) is 13.4 Å². The van der Waals surface area contributed by atoms with Crippen LogP contribution in [0.4, 0.5) is 0 Å². The number of benzene rings is 1. The summed E-state index contributed by atoms with van der Waals surface area (Å²) in [5.74, 6) is -0.0846. The number of nitrogens with one attached hydrogen (secondary N) is 1. The number of ether oxygens (including phenoxy) is 2. The number of carbonyl (C=O) groups is 1. The van der Waals surface area contributed by atoms with Gasteiger partial charge in [0.1, 0.15) is 0 Å². The summed E-state index contributed by atoms with van der Waals surface area (Å²) < 4.78 is 36.0. The molecule has 0 bridgehead atoms. The lowest BCUT2D eigenvalue weighted by Crippen LogP contribution is -2.23. The Balaban J connectivity index is 1.19. The topological polar surface area (TPSA) is 120 Å². The van der Waals surface area contributed by atoms with Gasteiger partial charge in [-0.15, -0.1) is 0 Å². The zero-order valence-corrected chi connectivity index (χ0v) is 22.1. The molecule has 200 valence electrons. The van der Waals surface area contributed by atoms with Crippen LogP contribution in [0.25, 0.3) is 22.3 Å². The first kappa shape index (κ1) is 25.5. The molecule has 0 unspecified atom stereocenters. The average Bonchev–Trinajstić information content (AvgIpc) is 3.13. The Bertz CT molecular complexity index is 1650. The normalized spacial score (nSPS) is 17.3. The van der Waals surface area contributed by atoms with Crippen molar-refractivity contribution < 1.29 is 22.7 Å². The molecule has 1 aromatic carbocycles. The number of carbonyl (C=O) groups excluding carboxylic acids is 1. The lowest BCUT2D eigenvalue weighted by Gasteiger charge is -2.21. The molecular weight excluding hydrogens is 516 g/mol. The van der Waals surface area contributed by atoms with E-state index in [9.17, 15) is 13.2 Å². The summed E-state index contributed by atoms with van der Waals surface area (Å²) in [5, 5.41) is 3.72. The highest BCUT2D eigenvalue weighted by Crippen LogP contribution is 2.28. The Hall–Kier alpha value is -3.73. The molecule has 4 aromatic rings. The number of fused-ring (bicyclic) bond motifs is 2. The fraction of sp³-hybridized carbons (Fsp3) is 0.310. The smallest absolute Gasteiger partial charge is 0.251 e. The molecule has 1 fully saturated rings. The molecule has 5 heterocycles. The van der Waals surface area contributed by atoms with Crippen molar-refractivity contribution >= 4 is 26.6 Å². The Morgan fingerprint density at radius 1 is 0.949 bits per heavy atom. The van der Waals surface area contributed by atoms with Crippen molar-refractivity contribution in [2.45, 2.75) is 36.8 Å². The van der Waals surface area contributed by atoms with Crippen molar-refractivity contribution in [2.24, 2.45) is 0 Å². The van der Waals surface area contributed by atoms with E-state index in [-0.39, 0.29) is 41.9 Å². The fourth-order valence-corrected chi connectivity index (χ4v) is 6.34. The van der Waals surface area contributed by atoms with Gasteiger partial charge < -0.3 is 14.8 Å². The minimum Gasteiger partial charge on any atom is -0.381 e. The van der Waals surface area contributed by atoms with Gasteiger partial charge >= 0.3 is 0 Å². The largest absolute Gasteiger partial charge is 0.381 e. The van der Waals surface area contributed by atoms with E-state index in [4.69, 9.17) is 19.4 Å². The van der Waals surface area contributed by atoms with Crippen LogP contribution < -0.4 is 5.32 Å². The van der Waals surface area contributed by atoms with Crippen molar-refractivity contribution in [1.29, 1.82) is 0 Å². The molecule has 0 aliphatic carbocycles. The number of nitrogens with zero attached hydrogens (tertiary/aromatic N) is 3. The third kappa shape index (κ3) is 5.54. The van der Waals surface area contributed by atoms with E-state index in [0.717, 1.165) is 54.0 Å². The van der Waals surface area contributed by atoms with Gasteiger partial charge in [-0.05, 0) is 60.9 Å². The molecule has 0 atom stereocenters. The van der Waals surface area contributed by atoms with Gasteiger partial charge in [0, 0.05) is 42.0 Å². The van der Waals surface area contributed by atoms with Crippen LogP contribution in [0.5, 0.6) is 0 Å². The van der Waals surface area contributed by atoms with Gasteiger partial charge in [-0.1, -0.05) is 12.1 Å². The van der Waals surface area contributed by atoms with Gasteiger partial charge in [0.25, 0.3) is 5.91 Å². The number of hydrogen-bond acceptors (Lipinski definition) is 8. The SMILES string of the molecule is O=C(NCc1cc2nc(-c3cccc(C4CCOCC4)n3)ccc2cn1)c1ccc2c(c1)S(=O)(=O)CCOC2. The number of sulfone groups is 1. The van der Waals surface area contributed by atoms with E-state index in [1.807, 2.05) is 30.3 Å². The van der Waals surface area contributed by atoms with Crippen molar-refractivity contribution in [3.63, 3.8) is 0 Å². The van der Waals surface area contributed by atoms with E-state index in [1.54, 1.807) is 18.3 Å². The standard InChI is InChI=1S/C29H28N4O5S/c34-29(20-4-5-22-18-38-12-13-39(35,36)28(22)14-20)31-17-23-15-27-21(16-30-23)6-7-26(33-27)25-3-1-2-24(32-25)19-8-10-37-11-9-19/h1-7,14-16,19H,8-13,17-18H2,(H,31,34). The highest BCUT2D eigenvalue weighted by Gasteiger charge is 2.24. The van der Waals surface area contributed by atoms with E-state index >= 15 is 0 Å². The molecule has 3 aromatic heterocycles. The number of rotatable bonds is 5. The second-order valence-electron chi connectivity index (χ2n) is 9.78. The zero-order chi connectivity index (χ0) is 26.8. The predicted molar refractivity (Wildman–Crippen MR) is 145 cm³/mol. The monoisotopic (exact) mass is 544 g/mol. The average molecular weight is 545 g/mol. The molecule has 6 rings (SSSR count). The van der Waals surface area contributed by atoms with Gasteiger partial charge in [0.2, 0.25) is 0 Å². The minimum atomic E-state index is -3.50. The first-order valence-electron chi connectivity index (χ1n) is 13.0. The van der Waals surface area contributed by atoms with Crippen LogP contribution in [0.3, 0.4) is 0 Å². The summed E-state index contributed by atoms with van der Waals surface area (Å²) in [5.41, 5.74) is 4.88. The molecule has 0 saturated carbocycles. The molecule has 1 saturated heterocycles. The van der Waals surface area contributed by atoms with E-state index in [0.29, 0.717) is 17.2 Å². The molecule has 1 N–H and O–H groups in total. The number of pyridine rings is 3. The van der Waals surface area contributed by atoms with Crippen LogP contribution in [-0.4, -0.2) is 54.9 Å². The number of aromatic nitrogens is 3. The molecule has 0 radical (unpaired) electrons.